The van der Waals surface area contributed by atoms with Gasteiger partial charge in [-0.1, -0.05) is 0 Å². The fraction of sp³-hybridized carbons (Fsp3) is 0.737. The van der Waals surface area contributed by atoms with Crippen molar-refractivity contribution in [3.63, 3.8) is 0 Å². The molecule has 3 heterocycles. The van der Waals surface area contributed by atoms with Crippen molar-refractivity contribution >= 4 is 28.5 Å². The molecule has 2 aliphatic heterocycles. The molecule has 1 atom stereocenters. The van der Waals surface area contributed by atoms with Crippen LogP contribution in [0.25, 0.3) is 0 Å². The monoisotopic (exact) mass is 394 g/mol. The first-order valence-corrected chi connectivity index (χ1v) is 10.6. The highest BCUT2D eigenvalue weighted by atomic mass is 32.1. The van der Waals surface area contributed by atoms with Crippen LogP contribution in [0.2, 0.25) is 0 Å². The van der Waals surface area contributed by atoms with Crippen LogP contribution in [0, 0.1) is 6.92 Å². The number of amides is 2. The lowest BCUT2D eigenvalue weighted by atomic mass is 10.2. The predicted molar refractivity (Wildman–Crippen MR) is 106 cm³/mol. The van der Waals surface area contributed by atoms with Gasteiger partial charge in [0.1, 0.15) is 11.6 Å². The molecule has 0 aliphatic carbocycles. The number of carbonyl (C=O) groups excluding carboxylic acids is 2. The molecule has 0 spiro atoms. The zero-order valence-corrected chi connectivity index (χ0v) is 17.5. The molecular formula is C19H30N4O3S. The number of thiazole rings is 1. The molecule has 0 N–H and O–H groups in total. The Morgan fingerprint density at radius 2 is 1.93 bits per heavy atom. The highest BCUT2D eigenvalue weighted by Gasteiger charge is 2.39. The van der Waals surface area contributed by atoms with Crippen LogP contribution < -0.4 is 4.90 Å². The quantitative estimate of drug-likeness (QED) is 0.772. The molecule has 0 saturated carbocycles. The molecule has 0 radical (unpaired) electrons. The first-order chi connectivity index (χ1) is 12.7. The molecule has 150 valence electrons. The van der Waals surface area contributed by atoms with Gasteiger partial charge >= 0.3 is 6.09 Å². The molecule has 0 aromatic carbocycles. The standard InChI is InChI=1S/C19H30N4O3S/c1-14-13-27-17(20-14)22-9-6-8-21(11-12-22)16(24)15-7-5-10-23(15)18(25)26-19(2,3)4/h13,15H,5-12H2,1-4H3. The van der Waals surface area contributed by atoms with Gasteiger partial charge in [-0.05, 0) is 47.0 Å². The maximum Gasteiger partial charge on any atom is 0.410 e. The highest BCUT2D eigenvalue weighted by molar-refractivity contribution is 7.13. The van der Waals surface area contributed by atoms with Crippen LogP contribution >= 0.6 is 11.3 Å². The number of anilines is 1. The van der Waals surface area contributed by atoms with E-state index >= 15 is 0 Å². The minimum absolute atomic E-state index is 0.0514. The Morgan fingerprint density at radius 3 is 2.59 bits per heavy atom. The molecule has 0 bridgehead atoms. The summed E-state index contributed by atoms with van der Waals surface area (Å²) in [5.41, 5.74) is 0.480. The van der Waals surface area contributed by atoms with Crippen LogP contribution in [0.1, 0.15) is 45.7 Å². The maximum atomic E-state index is 13.1. The van der Waals surface area contributed by atoms with E-state index in [9.17, 15) is 9.59 Å². The molecule has 1 aromatic rings. The number of nitrogens with zero attached hydrogens (tertiary/aromatic N) is 4. The third-order valence-corrected chi connectivity index (χ3v) is 5.87. The third kappa shape index (κ3) is 4.91. The van der Waals surface area contributed by atoms with Gasteiger partial charge in [0.05, 0.1) is 5.69 Å². The summed E-state index contributed by atoms with van der Waals surface area (Å²) in [4.78, 5) is 36.0. The van der Waals surface area contributed by atoms with Crippen LogP contribution in [0.3, 0.4) is 0 Å². The van der Waals surface area contributed by atoms with Crippen molar-refractivity contribution in [1.82, 2.24) is 14.8 Å². The number of likely N-dealkylation sites (tertiary alicyclic amines) is 1. The van der Waals surface area contributed by atoms with E-state index in [-0.39, 0.29) is 12.0 Å². The molecule has 1 unspecified atom stereocenters. The summed E-state index contributed by atoms with van der Waals surface area (Å²) >= 11 is 1.65. The van der Waals surface area contributed by atoms with E-state index in [0.29, 0.717) is 19.5 Å². The van der Waals surface area contributed by atoms with Crippen molar-refractivity contribution in [2.45, 2.75) is 58.6 Å². The molecule has 2 saturated heterocycles. The SMILES string of the molecule is Cc1csc(N2CCCN(C(=O)C3CCCN3C(=O)OC(C)(C)C)CC2)n1. The Balaban J connectivity index is 1.62. The molecule has 8 heteroatoms. The van der Waals surface area contributed by atoms with Gasteiger partial charge in [0.15, 0.2) is 5.13 Å². The number of carbonyl (C=O) groups is 2. The van der Waals surface area contributed by atoms with Crippen LogP contribution in [0.5, 0.6) is 0 Å². The van der Waals surface area contributed by atoms with Crippen molar-refractivity contribution in [3.05, 3.63) is 11.1 Å². The van der Waals surface area contributed by atoms with Gasteiger partial charge in [-0.2, -0.15) is 0 Å². The van der Waals surface area contributed by atoms with E-state index < -0.39 is 11.6 Å². The molecular weight excluding hydrogens is 364 g/mol. The molecule has 1 aromatic heterocycles. The van der Waals surface area contributed by atoms with E-state index in [2.05, 4.69) is 15.3 Å². The van der Waals surface area contributed by atoms with Gasteiger partial charge in [-0.25, -0.2) is 9.78 Å². The Kier molecular flexibility index (Phi) is 5.93. The van der Waals surface area contributed by atoms with Gasteiger partial charge in [0.25, 0.3) is 0 Å². The van der Waals surface area contributed by atoms with Crippen LogP contribution in [-0.2, 0) is 9.53 Å². The third-order valence-electron chi connectivity index (χ3n) is 4.85. The second-order valence-corrected chi connectivity index (χ2v) is 9.11. The fourth-order valence-corrected chi connectivity index (χ4v) is 4.45. The summed E-state index contributed by atoms with van der Waals surface area (Å²) in [6.07, 6.45) is 2.08. The van der Waals surface area contributed by atoms with Gasteiger partial charge < -0.3 is 14.5 Å². The summed E-state index contributed by atoms with van der Waals surface area (Å²) in [6.45, 7) is 11.2. The molecule has 2 aliphatic rings. The number of hydrogen-bond acceptors (Lipinski definition) is 6. The highest BCUT2D eigenvalue weighted by Crippen LogP contribution is 2.25. The van der Waals surface area contributed by atoms with Crippen molar-refractivity contribution < 1.29 is 14.3 Å². The van der Waals surface area contributed by atoms with E-state index in [4.69, 9.17) is 4.74 Å². The summed E-state index contributed by atoms with van der Waals surface area (Å²) in [7, 11) is 0. The average Bonchev–Trinajstić information content (AvgIpc) is 3.16. The Labute approximate surface area is 165 Å². The minimum Gasteiger partial charge on any atom is -0.444 e. The average molecular weight is 395 g/mol. The number of rotatable bonds is 2. The molecule has 27 heavy (non-hydrogen) atoms. The van der Waals surface area contributed by atoms with Crippen LogP contribution in [0.15, 0.2) is 5.38 Å². The molecule has 2 amide bonds. The number of aromatic nitrogens is 1. The second kappa shape index (κ2) is 8.04. The number of aryl methyl sites for hydroxylation is 1. The lowest BCUT2D eigenvalue weighted by Crippen LogP contribution is -2.49. The smallest absolute Gasteiger partial charge is 0.410 e. The predicted octanol–water partition coefficient (Wildman–Crippen LogP) is 2.89. The van der Waals surface area contributed by atoms with E-state index in [0.717, 1.165) is 43.3 Å². The summed E-state index contributed by atoms with van der Waals surface area (Å²) in [5, 5.41) is 3.08. The Morgan fingerprint density at radius 1 is 1.15 bits per heavy atom. The maximum absolute atomic E-state index is 13.1. The fourth-order valence-electron chi connectivity index (χ4n) is 3.59. The molecule has 7 nitrogen and oxygen atoms in total. The lowest BCUT2D eigenvalue weighted by Gasteiger charge is -2.31. The van der Waals surface area contributed by atoms with Crippen molar-refractivity contribution in [1.29, 1.82) is 0 Å². The van der Waals surface area contributed by atoms with Crippen molar-refractivity contribution in [2.24, 2.45) is 0 Å². The lowest BCUT2D eigenvalue weighted by molar-refractivity contribution is -0.135. The first-order valence-electron chi connectivity index (χ1n) is 9.70. The number of ether oxygens (including phenoxy) is 1. The molecule has 3 rings (SSSR count). The second-order valence-electron chi connectivity index (χ2n) is 8.27. The first kappa shape index (κ1) is 19.9. The van der Waals surface area contributed by atoms with Crippen LogP contribution in [0.4, 0.5) is 9.93 Å². The topological polar surface area (TPSA) is 66.0 Å². The van der Waals surface area contributed by atoms with Gasteiger partial charge in [0, 0.05) is 38.1 Å². The zero-order valence-electron chi connectivity index (χ0n) is 16.7. The van der Waals surface area contributed by atoms with Crippen molar-refractivity contribution in [3.8, 4) is 0 Å². The van der Waals surface area contributed by atoms with Crippen molar-refractivity contribution in [2.75, 3.05) is 37.6 Å². The Hall–Kier alpha value is -1.83. The van der Waals surface area contributed by atoms with Gasteiger partial charge in [-0.15, -0.1) is 11.3 Å². The minimum atomic E-state index is -0.553. The largest absolute Gasteiger partial charge is 0.444 e. The van der Waals surface area contributed by atoms with E-state index in [1.165, 1.54) is 0 Å². The normalized spacial score (nSPS) is 21.3. The summed E-state index contributed by atoms with van der Waals surface area (Å²) < 4.78 is 5.49. The summed E-state index contributed by atoms with van der Waals surface area (Å²) in [6, 6.07) is -0.395. The van der Waals surface area contributed by atoms with Gasteiger partial charge in [-0.3, -0.25) is 9.69 Å². The Bertz CT molecular complexity index is 685. The molecule has 2 fully saturated rings. The van der Waals surface area contributed by atoms with Crippen LogP contribution in [-0.4, -0.2) is 71.2 Å². The van der Waals surface area contributed by atoms with E-state index in [1.54, 1.807) is 16.2 Å². The van der Waals surface area contributed by atoms with Gasteiger partial charge in [0.2, 0.25) is 5.91 Å². The number of hydrogen-bond donors (Lipinski definition) is 0. The summed E-state index contributed by atoms with van der Waals surface area (Å²) in [5.74, 6) is 0.0514. The zero-order chi connectivity index (χ0) is 19.6. The van der Waals surface area contributed by atoms with E-state index in [1.807, 2.05) is 32.6 Å².